The van der Waals surface area contributed by atoms with Gasteiger partial charge in [0.2, 0.25) is 0 Å². The van der Waals surface area contributed by atoms with Gasteiger partial charge in [0.05, 0.1) is 19.8 Å². The number of carbonyl (C=O) groups excluding carboxylic acids is 1. The number of aliphatic hydroxyl groups is 4. The maximum atomic E-state index is 12.9. The molecule has 0 spiro atoms. The van der Waals surface area contributed by atoms with Crippen LogP contribution in [-0.2, 0) is 23.7 Å². The van der Waals surface area contributed by atoms with Gasteiger partial charge in [0.1, 0.15) is 30.5 Å². The molecular formula is C59H106O9. The van der Waals surface area contributed by atoms with Crippen molar-refractivity contribution in [3.05, 3.63) is 60.8 Å². The van der Waals surface area contributed by atoms with Crippen LogP contribution in [0.25, 0.3) is 0 Å². The smallest absolute Gasteiger partial charge is 0.306 e. The lowest BCUT2D eigenvalue weighted by molar-refractivity contribution is -0.305. The minimum Gasteiger partial charge on any atom is -0.457 e. The molecule has 0 aliphatic carbocycles. The molecule has 68 heavy (non-hydrogen) atoms. The Labute approximate surface area is 417 Å². The topological polar surface area (TPSA) is 135 Å². The summed E-state index contributed by atoms with van der Waals surface area (Å²) in [5.74, 6) is -0.317. The zero-order chi connectivity index (χ0) is 49.2. The van der Waals surface area contributed by atoms with E-state index in [9.17, 15) is 25.2 Å². The van der Waals surface area contributed by atoms with Gasteiger partial charge in [-0.2, -0.15) is 0 Å². The van der Waals surface area contributed by atoms with Crippen LogP contribution in [0.3, 0.4) is 0 Å². The molecule has 1 rings (SSSR count). The van der Waals surface area contributed by atoms with Gasteiger partial charge in [-0.3, -0.25) is 4.79 Å². The normalized spacial score (nSPS) is 19.5. The molecule has 0 aromatic carbocycles. The number of unbranched alkanes of at least 4 members (excludes halogenated alkanes) is 28. The van der Waals surface area contributed by atoms with E-state index < -0.39 is 43.4 Å². The van der Waals surface area contributed by atoms with Crippen LogP contribution in [-0.4, -0.2) is 89.6 Å². The monoisotopic (exact) mass is 959 g/mol. The standard InChI is InChI=1S/C59H106O9/c1-3-5-7-9-11-13-15-17-19-21-23-25-26-27-28-29-30-32-34-36-38-40-42-44-46-48-55(61)67-53(52-66-59-58(64)57(63)56(62)54(50-60)68-59)51-65-49-47-45-43-41-39-37-35-33-31-24-22-20-18-16-14-12-10-8-6-4-2/h5,7,11,13,17,19,23,25,27-28,53-54,56-60,62-64H,3-4,6,8-10,12,14-16,18,20-22,24,26,29-52H2,1-2H3/b7-5-,13-11-,19-17-,25-23-,28-27-. The Bertz CT molecular complexity index is 1230. The molecule has 6 unspecified atom stereocenters. The third kappa shape index (κ3) is 39.6. The first-order valence-corrected chi connectivity index (χ1v) is 28.4. The number of aliphatic hydroxyl groups excluding tert-OH is 4. The van der Waals surface area contributed by atoms with Crippen LogP contribution in [0.5, 0.6) is 0 Å². The van der Waals surface area contributed by atoms with Crippen LogP contribution in [0.1, 0.15) is 245 Å². The molecule has 4 N–H and O–H groups in total. The Kier molecular flexibility index (Phi) is 46.9. The molecule has 0 bridgehead atoms. The molecule has 9 heteroatoms. The summed E-state index contributed by atoms with van der Waals surface area (Å²) < 4.78 is 23.0. The molecule has 6 atom stereocenters. The largest absolute Gasteiger partial charge is 0.457 e. The molecule has 1 fully saturated rings. The summed E-state index contributed by atoms with van der Waals surface area (Å²) in [6, 6.07) is 0. The van der Waals surface area contributed by atoms with Crippen molar-refractivity contribution in [2.75, 3.05) is 26.4 Å². The van der Waals surface area contributed by atoms with E-state index in [2.05, 4.69) is 74.6 Å². The zero-order valence-corrected chi connectivity index (χ0v) is 43.9. The first kappa shape index (κ1) is 63.9. The number of esters is 1. The van der Waals surface area contributed by atoms with Crippen molar-refractivity contribution in [2.24, 2.45) is 0 Å². The highest BCUT2D eigenvalue weighted by atomic mass is 16.7. The molecule has 0 radical (unpaired) electrons. The van der Waals surface area contributed by atoms with Gasteiger partial charge in [-0.15, -0.1) is 0 Å². The summed E-state index contributed by atoms with van der Waals surface area (Å²) in [7, 11) is 0. The van der Waals surface area contributed by atoms with Gasteiger partial charge in [0, 0.05) is 13.0 Å². The highest BCUT2D eigenvalue weighted by Crippen LogP contribution is 2.23. The maximum Gasteiger partial charge on any atom is 0.306 e. The van der Waals surface area contributed by atoms with Gasteiger partial charge in [-0.25, -0.2) is 0 Å². The summed E-state index contributed by atoms with van der Waals surface area (Å²) in [5, 5.41) is 40.3. The summed E-state index contributed by atoms with van der Waals surface area (Å²) in [6.07, 6.45) is 58.3. The van der Waals surface area contributed by atoms with Crippen LogP contribution in [0.2, 0.25) is 0 Å². The molecule has 1 saturated heterocycles. The predicted octanol–water partition coefficient (Wildman–Crippen LogP) is 14.6. The number of carbonyl (C=O) groups is 1. The first-order valence-electron chi connectivity index (χ1n) is 28.4. The zero-order valence-electron chi connectivity index (χ0n) is 43.9. The summed E-state index contributed by atoms with van der Waals surface area (Å²) in [5.41, 5.74) is 0. The van der Waals surface area contributed by atoms with Crippen LogP contribution < -0.4 is 0 Å². The van der Waals surface area contributed by atoms with Gasteiger partial charge in [0.25, 0.3) is 0 Å². The lowest BCUT2D eigenvalue weighted by Crippen LogP contribution is -2.59. The van der Waals surface area contributed by atoms with Gasteiger partial charge in [-0.1, -0.05) is 242 Å². The van der Waals surface area contributed by atoms with E-state index in [1.54, 1.807) is 0 Å². The lowest BCUT2D eigenvalue weighted by Gasteiger charge is -2.39. The Balaban J connectivity index is 2.17. The van der Waals surface area contributed by atoms with E-state index in [0.717, 1.165) is 70.6 Å². The molecule has 0 saturated carbocycles. The fraction of sp³-hybridized carbons (Fsp3) is 0.814. The number of allylic oxidation sites excluding steroid dienone is 10. The van der Waals surface area contributed by atoms with Gasteiger partial charge in [0.15, 0.2) is 6.29 Å². The number of ether oxygens (including phenoxy) is 4. The Morgan fingerprint density at radius 3 is 1.35 bits per heavy atom. The van der Waals surface area contributed by atoms with Gasteiger partial charge >= 0.3 is 5.97 Å². The average molecular weight is 959 g/mol. The van der Waals surface area contributed by atoms with Crippen molar-refractivity contribution in [1.29, 1.82) is 0 Å². The van der Waals surface area contributed by atoms with E-state index in [4.69, 9.17) is 18.9 Å². The average Bonchev–Trinajstić information content (AvgIpc) is 3.34. The molecule has 0 aromatic heterocycles. The van der Waals surface area contributed by atoms with Crippen molar-refractivity contribution >= 4 is 5.97 Å². The highest BCUT2D eigenvalue weighted by Gasteiger charge is 2.44. The quantitative estimate of drug-likeness (QED) is 0.0267. The second-order valence-corrected chi connectivity index (χ2v) is 19.4. The molecule has 0 aromatic rings. The molecule has 9 nitrogen and oxygen atoms in total. The fourth-order valence-electron chi connectivity index (χ4n) is 8.58. The van der Waals surface area contributed by atoms with Crippen molar-refractivity contribution in [3.63, 3.8) is 0 Å². The SMILES string of the molecule is CC/C=C\C/C=C\C/C=C\C/C=C\C/C=C\CCCCCCCCCCCC(=O)OC(COCCCCCCCCCCCCCCCCCCCCCC)COC1OC(CO)C(O)C(O)C1O. The highest BCUT2D eigenvalue weighted by molar-refractivity contribution is 5.69. The second kappa shape index (κ2) is 49.9. The maximum absolute atomic E-state index is 12.9. The van der Waals surface area contributed by atoms with Crippen molar-refractivity contribution < 1.29 is 44.2 Å². The van der Waals surface area contributed by atoms with E-state index >= 15 is 0 Å². The molecule has 1 heterocycles. The van der Waals surface area contributed by atoms with Crippen molar-refractivity contribution in [2.45, 2.75) is 282 Å². The van der Waals surface area contributed by atoms with Crippen molar-refractivity contribution in [3.8, 4) is 0 Å². The molecule has 1 aliphatic heterocycles. The van der Waals surface area contributed by atoms with E-state index in [0.29, 0.717) is 13.0 Å². The summed E-state index contributed by atoms with van der Waals surface area (Å²) in [4.78, 5) is 12.9. The molecule has 396 valence electrons. The van der Waals surface area contributed by atoms with Crippen LogP contribution in [0.15, 0.2) is 60.8 Å². The Morgan fingerprint density at radius 2 is 0.897 bits per heavy atom. The number of rotatable bonds is 49. The van der Waals surface area contributed by atoms with E-state index in [1.165, 1.54) is 154 Å². The van der Waals surface area contributed by atoms with Crippen LogP contribution >= 0.6 is 0 Å². The predicted molar refractivity (Wildman–Crippen MR) is 284 cm³/mol. The minimum absolute atomic E-state index is 0.115. The molecule has 0 amide bonds. The van der Waals surface area contributed by atoms with Gasteiger partial charge < -0.3 is 39.4 Å². The Hall–Kier alpha value is -2.11. The first-order chi connectivity index (χ1) is 33.4. The minimum atomic E-state index is -1.54. The molecular weight excluding hydrogens is 853 g/mol. The number of hydrogen-bond acceptors (Lipinski definition) is 9. The molecule has 1 aliphatic rings. The Morgan fingerprint density at radius 1 is 0.485 bits per heavy atom. The summed E-state index contributed by atoms with van der Waals surface area (Å²) in [6.45, 7) is 4.48. The third-order valence-corrected chi connectivity index (χ3v) is 12.9. The second-order valence-electron chi connectivity index (χ2n) is 19.4. The fourth-order valence-corrected chi connectivity index (χ4v) is 8.58. The van der Waals surface area contributed by atoms with Crippen LogP contribution in [0.4, 0.5) is 0 Å². The number of hydrogen-bond donors (Lipinski definition) is 4. The van der Waals surface area contributed by atoms with Crippen LogP contribution in [0, 0.1) is 0 Å². The van der Waals surface area contributed by atoms with E-state index in [1.807, 2.05) is 0 Å². The lowest BCUT2D eigenvalue weighted by atomic mass is 9.99. The third-order valence-electron chi connectivity index (χ3n) is 12.9. The summed E-state index contributed by atoms with van der Waals surface area (Å²) >= 11 is 0. The van der Waals surface area contributed by atoms with Gasteiger partial charge in [-0.05, 0) is 57.8 Å². The van der Waals surface area contributed by atoms with E-state index in [-0.39, 0.29) is 19.2 Å². The van der Waals surface area contributed by atoms with Crippen molar-refractivity contribution in [1.82, 2.24) is 0 Å².